The van der Waals surface area contributed by atoms with Gasteiger partial charge in [-0.3, -0.25) is 9.58 Å². The summed E-state index contributed by atoms with van der Waals surface area (Å²) in [4.78, 5) is 4.66. The van der Waals surface area contributed by atoms with Crippen LogP contribution in [0.3, 0.4) is 0 Å². The summed E-state index contributed by atoms with van der Waals surface area (Å²) >= 11 is 0. The summed E-state index contributed by atoms with van der Waals surface area (Å²) in [5.74, 6) is 1.00. The number of hydrogen-bond acceptors (Lipinski definition) is 5. The molecular weight excluding hydrogens is 316 g/mol. The summed E-state index contributed by atoms with van der Waals surface area (Å²) in [5.41, 5.74) is 1.25. The highest BCUT2D eigenvalue weighted by molar-refractivity contribution is 5.38. The van der Waals surface area contributed by atoms with Gasteiger partial charge in [0.1, 0.15) is 0 Å². The minimum absolute atomic E-state index is 0.164. The zero-order chi connectivity index (χ0) is 17.1. The number of piperidine rings is 1. The van der Waals surface area contributed by atoms with Gasteiger partial charge in [-0.2, -0.15) is 5.10 Å². The van der Waals surface area contributed by atoms with Gasteiger partial charge in [0.25, 0.3) is 0 Å². The molecule has 0 aliphatic carbocycles. The molecule has 2 fully saturated rings. The molecule has 1 N–H and O–H groups in total. The maximum atomic E-state index is 10.5. The van der Waals surface area contributed by atoms with Gasteiger partial charge in [-0.15, -0.1) is 0 Å². The molecular formula is C19H26N4O2. The normalized spacial score (nSPS) is 25.2. The van der Waals surface area contributed by atoms with Gasteiger partial charge in [-0.25, -0.2) is 0 Å². The Morgan fingerprint density at radius 2 is 1.88 bits per heavy atom. The van der Waals surface area contributed by atoms with Gasteiger partial charge >= 0.3 is 0 Å². The van der Waals surface area contributed by atoms with E-state index in [0.717, 1.165) is 58.2 Å². The number of morpholine rings is 1. The van der Waals surface area contributed by atoms with Crippen LogP contribution >= 0.6 is 0 Å². The average molecular weight is 342 g/mol. The SMILES string of the molecule is O[C@@H]1CCN(c2ccn(Cc3ccccc3)n2)CC1N1CCOCC1. The highest BCUT2D eigenvalue weighted by atomic mass is 16.5. The van der Waals surface area contributed by atoms with E-state index in [0.29, 0.717) is 0 Å². The predicted octanol–water partition coefficient (Wildman–Crippen LogP) is 1.20. The van der Waals surface area contributed by atoms with E-state index in [2.05, 4.69) is 40.1 Å². The van der Waals surface area contributed by atoms with Crippen LogP contribution in [0.25, 0.3) is 0 Å². The molecule has 2 atom stereocenters. The van der Waals surface area contributed by atoms with E-state index in [1.54, 1.807) is 0 Å². The first kappa shape index (κ1) is 16.6. The van der Waals surface area contributed by atoms with Gasteiger partial charge in [-0.1, -0.05) is 30.3 Å². The van der Waals surface area contributed by atoms with Gasteiger partial charge in [0.15, 0.2) is 5.82 Å². The zero-order valence-electron chi connectivity index (χ0n) is 14.5. The lowest BCUT2D eigenvalue weighted by molar-refractivity contribution is -0.0267. The van der Waals surface area contributed by atoms with Crippen LogP contribution in [-0.4, -0.2) is 71.3 Å². The van der Waals surface area contributed by atoms with Gasteiger partial charge in [-0.05, 0) is 12.0 Å². The molecule has 2 aromatic rings. The van der Waals surface area contributed by atoms with E-state index >= 15 is 0 Å². The molecule has 134 valence electrons. The van der Waals surface area contributed by atoms with Crippen LogP contribution in [0, 0.1) is 0 Å². The van der Waals surface area contributed by atoms with Crippen LogP contribution in [0.5, 0.6) is 0 Å². The van der Waals surface area contributed by atoms with E-state index in [9.17, 15) is 5.11 Å². The fourth-order valence-corrected chi connectivity index (χ4v) is 3.77. The smallest absolute Gasteiger partial charge is 0.150 e. The number of rotatable bonds is 4. The average Bonchev–Trinajstić information content (AvgIpc) is 3.12. The second-order valence-electron chi connectivity index (χ2n) is 6.87. The van der Waals surface area contributed by atoms with Crippen molar-refractivity contribution in [2.24, 2.45) is 0 Å². The van der Waals surface area contributed by atoms with Gasteiger partial charge in [0, 0.05) is 38.4 Å². The molecule has 0 saturated carbocycles. The highest BCUT2D eigenvalue weighted by Crippen LogP contribution is 2.22. The Bertz CT molecular complexity index is 669. The van der Waals surface area contributed by atoms with Crippen LogP contribution in [0.1, 0.15) is 12.0 Å². The standard InChI is InChI=1S/C19H26N4O2/c24-18-6-8-22(15-17(18)21-10-12-25-13-11-21)19-7-9-23(20-19)14-16-4-2-1-3-5-16/h1-5,7,9,17-18,24H,6,8,10-15H2/t17?,18-/m1/s1. The second kappa shape index (κ2) is 7.56. The fourth-order valence-electron chi connectivity index (χ4n) is 3.77. The Morgan fingerprint density at radius 1 is 1.08 bits per heavy atom. The van der Waals surface area contributed by atoms with Crippen molar-refractivity contribution < 1.29 is 9.84 Å². The summed E-state index contributed by atoms with van der Waals surface area (Å²) in [7, 11) is 0. The van der Waals surface area contributed by atoms with E-state index in [4.69, 9.17) is 9.84 Å². The van der Waals surface area contributed by atoms with Gasteiger partial charge in [0.05, 0.1) is 31.9 Å². The van der Waals surface area contributed by atoms with E-state index < -0.39 is 0 Å². The maximum absolute atomic E-state index is 10.5. The number of benzene rings is 1. The summed E-state index contributed by atoms with van der Waals surface area (Å²) in [6, 6.07) is 12.6. The lowest BCUT2D eigenvalue weighted by Gasteiger charge is -2.43. The highest BCUT2D eigenvalue weighted by Gasteiger charge is 2.33. The zero-order valence-corrected chi connectivity index (χ0v) is 14.5. The molecule has 0 bridgehead atoms. The third-order valence-corrected chi connectivity index (χ3v) is 5.20. The summed E-state index contributed by atoms with van der Waals surface area (Å²) in [6.07, 6.45) is 2.56. The van der Waals surface area contributed by atoms with Crippen LogP contribution in [0.4, 0.5) is 5.82 Å². The lowest BCUT2D eigenvalue weighted by atomic mass is 10.00. The monoisotopic (exact) mass is 342 g/mol. The Morgan fingerprint density at radius 3 is 2.68 bits per heavy atom. The molecule has 2 aliphatic rings. The van der Waals surface area contributed by atoms with Gasteiger partial charge < -0.3 is 14.7 Å². The first-order chi connectivity index (χ1) is 12.3. The number of aliphatic hydroxyl groups is 1. The molecule has 3 heterocycles. The quantitative estimate of drug-likeness (QED) is 0.905. The van der Waals surface area contributed by atoms with Gasteiger partial charge in [0.2, 0.25) is 0 Å². The first-order valence-electron chi connectivity index (χ1n) is 9.12. The Hall–Kier alpha value is -1.89. The molecule has 1 unspecified atom stereocenters. The number of anilines is 1. The Balaban J connectivity index is 1.43. The molecule has 0 amide bonds. The minimum atomic E-state index is -0.263. The largest absolute Gasteiger partial charge is 0.391 e. The van der Waals surface area contributed by atoms with Crippen LogP contribution in [0.2, 0.25) is 0 Å². The molecule has 25 heavy (non-hydrogen) atoms. The molecule has 1 aromatic heterocycles. The van der Waals surface area contributed by atoms with E-state index in [1.165, 1.54) is 5.56 Å². The Labute approximate surface area is 148 Å². The summed E-state index contributed by atoms with van der Waals surface area (Å²) in [6.45, 7) is 5.78. The lowest BCUT2D eigenvalue weighted by Crippen LogP contribution is -2.58. The molecule has 1 aromatic carbocycles. The van der Waals surface area contributed by atoms with E-state index in [1.807, 2.05) is 16.9 Å². The number of hydrogen-bond donors (Lipinski definition) is 1. The fraction of sp³-hybridized carbons (Fsp3) is 0.526. The van der Waals surface area contributed by atoms with Crippen molar-refractivity contribution in [1.82, 2.24) is 14.7 Å². The summed E-state index contributed by atoms with van der Waals surface area (Å²) < 4.78 is 7.43. The molecule has 6 nitrogen and oxygen atoms in total. The summed E-state index contributed by atoms with van der Waals surface area (Å²) in [5, 5.41) is 15.2. The van der Waals surface area contributed by atoms with E-state index in [-0.39, 0.29) is 12.1 Å². The van der Waals surface area contributed by atoms with Crippen molar-refractivity contribution in [3.8, 4) is 0 Å². The molecule has 6 heteroatoms. The minimum Gasteiger partial charge on any atom is -0.391 e. The number of aromatic nitrogens is 2. The third kappa shape index (κ3) is 3.86. The van der Waals surface area contributed by atoms with Crippen molar-refractivity contribution in [2.45, 2.75) is 25.1 Å². The van der Waals surface area contributed by atoms with Crippen LogP contribution in [-0.2, 0) is 11.3 Å². The van der Waals surface area contributed by atoms with Crippen molar-refractivity contribution in [3.63, 3.8) is 0 Å². The first-order valence-corrected chi connectivity index (χ1v) is 9.12. The van der Waals surface area contributed by atoms with Crippen molar-refractivity contribution >= 4 is 5.82 Å². The topological polar surface area (TPSA) is 53.8 Å². The maximum Gasteiger partial charge on any atom is 0.150 e. The molecule has 2 aliphatic heterocycles. The molecule has 0 spiro atoms. The predicted molar refractivity (Wildman–Crippen MR) is 96.8 cm³/mol. The molecule has 2 saturated heterocycles. The third-order valence-electron chi connectivity index (χ3n) is 5.20. The number of aliphatic hydroxyl groups excluding tert-OH is 1. The number of nitrogens with zero attached hydrogens (tertiary/aromatic N) is 4. The van der Waals surface area contributed by atoms with Crippen molar-refractivity contribution in [3.05, 3.63) is 48.2 Å². The molecule has 4 rings (SSSR count). The number of ether oxygens (including phenoxy) is 1. The van der Waals surface area contributed by atoms with Crippen LogP contribution in [0.15, 0.2) is 42.6 Å². The Kier molecular flexibility index (Phi) is 5.01. The second-order valence-corrected chi connectivity index (χ2v) is 6.87. The molecule has 0 radical (unpaired) electrons. The van der Waals surface area contributed by atoms with Crippen molar-refractivity contribution in [1.29, 1.82) is 0 Å². The van der Waals surface area contributed by atoms with Crippen molar-refractivity contribution in [2.75, 3.05) is 44.3 Å². The van der Waals surface area contributed by atoms with Crippen LogP contribution < -0.4 is 4.90 Å².